The number of nitrogens with zero attached hydrogens (tertiary/aromatic N) is 5. The van der Waals surface area contributed by atoms with Gasteiger partial charge in [0.05, 0.1) is 30.1 Å². The molecule has 2 aromatic rings. The molecule has 0 bridgehead atoms. The standard InChI is InChI=1S/C21H22ClFN5O2/c1-13-5-6-30-18-7-15(22)3-4-17(18)28(13)20(29)27-11-21(12-27)9-26(10-21)19-24-8-16(23)14(2)25-19/h3-4,7-8,11,13H,5-6,9-10,12H2,1-2H3/q+1. The predicted octanol–water partition coefficient (Wildman–Crippen LogP) is 3.28. The molecule has 156 valence electrons. The van der Waals surface area contributed by atoms with Gasteiger partial charge >= 0.3 is 6.03 Å². The number of rotatable bonds is 1. The first kappa shape index (κ1) is 19.2. The third-order valence-corrected chi connectivity index (χ3v) is 6.22. The summed E-state index contributed by atoms with van der Waals surface area (Å²) < 4.78 is 21.0. The van der Waals surface area contributed by atoms with Crippen molar-refractivity contribution in [2.45, 2.75) is 26.3 Å². The van der Waals surface area contributed by atoms with Crippen molar-refractivity contribution in [3.63, 3.8) is 0 Å². The Morgan fingerprint density at radius 1 is 1.40 bits per heavy atom. The van der Waals surface area contributed by atoms with Gasteiger partial charge in [0.1, 0.15) is 12.6 Å². The summed E-state index contributed by atoms with van der Waals surface area (Å²) in [6.45, 7) is 6.26. The largest absolute Gasteiger partial charge is 0.498 e. The first-order valence-corrected chi connectivity index (χ1v) is 10.4. The van der Waals surface area contributed by atoms with Gasteiger partial charge in [0.25, 0.3) is 0 Å². The van der Waals surface area contributed by atoms with Gasteiger partial charge < -0.3 is 9.64 Å². The lowest BCUT2D eigenvalue weighted by atomic mass is 9.76. The van der Waals surface area contributed by atoms with E-state index in [1.165, 1.54) is 6.20 Å². The SMILES string of the molecule is Cc1nc(N2CC3(C=[N+](C(=O)N4c5ccc(Cl)cc5OCCC4C)C3)C2)ncc1F. The maximum Gasteiger partial charge on any atom is 0.498 e. The number of hydrogen-bond acceptors (Lipinski definition) is 5. The zero-order valence-corrected chi connectivity index (χ0v) is 17.6. The maximum atomic E-state index is 13.4. The normalized spacial score (nSPS) is 21.7. The molecule has 0 N–H and O–H groups in total. The Labute approximate surface area is 178 Å². The van der Waals surface area contributed by atoms with E-state index >= 15 is 0 Å². The highest BCUT2D eigenvalue weighted by molar-refractivity contribution is 6.30. The van der Waals surface area contributed by atoms with Gasteiger partial charge in [-0.05, 0) is 26.0 Å². The highest BCUT2D eigenvalue weighted by Gasteiger charge is 2.55. The summed E-state index contributed by atoms with van der Waals surface area (Å²) in [7, 11) is 0. The van der Waals surface area contributed by atoms with Crippen molar-refractivity contribution in [2.75, 3.05) is 36.0 Å². The molecular weight excluding hydrogens is 409 g/mol. The van der Waals surface area contributed by atoms with Gasteiger partial charge in [-0.2, -0.15) is 14.3 Å². The van der Waals surface area contributed by atoms with Crippen LogP contribution in [-0.4, -0.2) is 59.1 Å². The van der Waals surface area contributed by atoms with E-state index in [4.69, 9.17) is 16.3 Å². The van der Waals surface area contributed by atoms with E-state index in [-0.39, 0.29) is 17.5 Å². The topological polar surface area (TPSA) is 61.6 Å². The second kappa shape index (κ2) is 6.91. The third-order valence-electron chi connectivity index (χ3n) is 5.98. The van der Waals surface area contributed by atoms with E-state index in [9.17, 15) is 9.18 Å². The number of aryl methyl sites for hydroxylation is 1. The van der Waals surface area contributed by atoms with Crippen molar-refractivity contribution in [1.29, 1.82) is 0 Å². The Balaban J connectivity index is 1.33. The zero-order valence-electron chi connectivity index (χ0n) is 16.8. The molecule has 1 unspecified atom stereocenters. The second-order valence-electron chi connectivity index (χ2n) is 8.33. The molecular formula is C21H22ClFN5O2+. The van der Waals surface area contributed by atoms with Gasteiger partial charge in [-0.1, -0.05) is 11.6 Å². The Morgan fingerprint density at radius 2 is 2.17 bits per heavy atom. The molecule has 7 nitrogen and oxygen atoms in total. The molecule has 1 fully saturated rings. The summed E-state index contributed by atoms with van der Waals surface area (Å²) in [5, 5.41) is 0.581. The van der Waals surface area contributed by atoms with Crippen LogP contribution in [0.4, 0.5) is 20.8 Å². The van der Waals surface area contributed by atoms with Crippen LogP contribution < -0.4 is 14.5 Å². The molecule has 5 rings (SSSR count). The van der Waals surface area contributed by atoms with E-state index in [0.717, 1.165) is 12.1 Å². The fourth-order valence-electron chi connectivity index (χ4n) is 4.33. The van der Waals surface area contributed by atoms with E-state index in [2.05, 4.69) is 9.97 Å². The summed E-state index contributed by atoms with van der Waals surface area (Å²) >= 11 is 6.11. The smallest absolute Gasteiger partial charge is 0.489 e. The molecule has 1 aromatic carbocycles. The Hall–Kier alpha value is -2.74. The first-order chi connectivity index (χ1) is 14.3. The lowest BCUT2D eigenvalue weighted by molar-refractivity contribution is -0.477. The third kappa shape index (κ3) is 3.10. The van der Waals surface area contributed by atoms with E-state index in [1.54, 1.807) is 28.5 Å². The van der Waals surface area contributed by atoms with Gasteiger partial charge in [-0.25, -0.2) is 14.4 Å². The second-order valence-corrected chi connectivity index (χ2v) is 8.77. The highest BCUT2D eigenvalue weighted by atomic mass is 35.5. The lowest BCUT2D eigenvalue weighted by Crippen LogP contribution is -2.69. The highest BCUT2D eigenvalue weighted by Crippen LogP contribution is 2.39. The average molecular weight is 431 g/mol. The maximum absolute atomic E-state index is 13.4. The molecule has 30 heavy (non-hydrogen) atoms. The Morgan fingerprint density at radius 3 is 2.90 bits per heavy atom. The van der Waals surface area contributed by atoms with E-state index < -0.39 is 5.82 Å². The van der Waals surface area contributed by atoms with Crippen molar-refractivity contribution in [3.05, 3.63) is 40.9 Å². The van der Waals surface area contributed by atoms with E-state index in [1.807, 2.05) is 24.1 Å². The fourth-order valence-corrected chi connectivity index (χ4v) is 4.50. The van der Waals surface area contributed by atoms with Crippen molar-refractivity contribution >= 4 is 35.5 Å². The van der Waals surface area contributed by atoms with Crippen LogP contribution in [0.2, 0.25) is 5.02 Å². The monoisotopic (exact) mass is 430 g/mol. The Bertz CT molecular complexity index is 1070. The van der Waals surface area contributed by atoms with Crippen LogP contribution in [0.15, 0.2) is 24.4 Å². The minimum absolute atomic E-state index is 0.0124. The number of hydrogen-bond donors (Lipinski definition) is 0. The molecule has 0 saturated carbocycles. The number of aromatic nitrogens is 2. The van der Waals surface area contributed by atoms with Gasteiger partial charge in [0.2, 0.25) is 5.95 Å². The molecule has 0 radical (unpaired) electrons. The molecule has 1 saturated heterocycles. The first-order valence-electron chi connectivity index (χ1n) is 9.98. The lowest BCUT2D eigenvalue weighted by Gasteiger charge is -2.50. The molecule has 1 atom stereocenters. The van der Waals surface area contributed by atoms with Crippen LogP contribution in [-0.2, 0) is 0 Å². The molecule has 9 heteroatoms. The van der Waals surface area contributed by atoms with Gasteiger partial charge in [-0.3, -0.25) is 0 Å². The number of amides is 2. The molecule has 1 spiro atoms. The molecule has 4 heterocycles. The zero-order chi connectivity index (χ0) is 21.0. The number of carbonyl (C=O) groups excluding carboxylic acids is 1. The minimum Gasteiger partial charge on any atom is -0.489 e. The quantitative estimate of drug-likeness (QED) is 0.650. The average Bonchev–Trinajstić information content (AvgIpc) is 2.79. The number of benzene rings is 1. The molecule has 2 amide bonds. The van der Waals surface area contributed by atoms with Crippen LogP contribution in [0.3, 0.4) is 0 Å². The number of ether oxygens (including phenoxy) is 1. The van der Waals surface area contributed by atoms with Crippen LogP contribution in [0, 0.1) is 18.2 Å². The van der Waals surface area contributed by atoms with Crippen molar-refractivity contribution in [2.24, 2.45) is 5.41 Å². The minimum atomic E-state index is -0.405. The summed E-state index contributed by atoms with van der Waals surface area (Å²) in [5.74, 6) is 0.758. The summed E-state index contributed by atoms with van der Waals surface area (Å²) in [4.78, 5) is 25.4. The number of anilines is 2. The number of fused-ring (bicyclic) bond motifs is 1. The van der Waals surface area contributed by atoms with Gasteiger partial charge in [0, 0.05) is 30.6 Å². The summed E-state index contributed by atoms with van der Waals surface area (Å²) in [5.41, 5.74) is 1.02. The van der Waals surface area contributed by atoms with Crippen LogP contribution in [0.5, 0.6) is 5.75 Å². The fraction of sp³-hybridized carbons (Fsp3) is 0.429. The van der Waals surface area contributed by atoms with Gasteiger partial charge in [0.15, 0.2) is 17.3 Å². The van der Waals surface area contributed by atoms with Gasteiger partial charge in [-0.15, -0.1) is 0 Å². The number of halogens is 2. The molecule has 0 aliphatic carbocycles. The Kier molecular flexibility index (Phi) is 4.43. The van der Waals surface area contributed by atoms with Crippen LogP contribution in [0.25, 0.3) is 0 Å². The summed E-state index contributed by atoms with van der Waals surface area (Å²) in [6.07, 6.45) is 3.94. The predicted molar refractivity (Wildman–Crippen MR) is 111 cm³/mol. The number of carbonyl (C=O) groups is 1. The molecule has 3 aliphatic rings. The van der Waals surface area contributed by atoms with Crippen molar-refractivity contribution in [1.82, 2.24) is 9.97 Å². The van der Waals surface area contributed by atoms with Crippen molar-refractivity contribution < 1.29 is 18.5 Å². The molecule has 3 aliphatic heterocycles. The van der Waals surface area contributed by atoms with Crippen LogP contribution in [0.1, 0.15) is 19.0 Å². The summed E-state index contributed by atoms with van der Waals surface area (Å²) in [6, 6.07) is 5.32. The van der Waals surface area contributed by atoms with E-state index in [0.29, 0.717) is 48.7 Å². The molecule has 1 aromatic heterocycles. The van der Waals surface area contributed by atoms with Crippen LogP contribution >= 0.6 is 11.6 Å². The number of urea groups is 1. The van der Waals surface area contributed by atoms with Crippen molar-refractivity contribution in [3.8, 4) is 5.75 Å².